The summed E-state index contributed by atoms with van der Waals surface area (Å²) in [6.07, 6.45) is 0. The number of carbonyl (C=O) groups is 2. The number of anilines is 1. The fourth-order valence-corrected chi connectivity index (χ4v) is 2.24. The summed E-state index contributed by atoms with van der Waals surface area (Å²) in [5.41, 5.74) is 0.564. The Balaban J connectivity index is 2.82. The average molecular weight is 286 g/mol. The number of hydrogen-bond acceptors (Lipinski definition) is 6. The summed E-state index contributed by atoms with van der Waals surface area (Å²) in [4.78, 5) is 29.5. The molecule has 19 heavy (non-hydrogen) atoms. The van der Waals surface area contributed by atoms with Crippen LogP contribution in [0.2, 0.25) is 0 Å². The summed E-state index contributed by atoms with van der Waals surface area (Å²) in [6, 6.07) is 0. The van der Waals surface area contributed by atoms with E-state index in [2.05, 4.69) is 4.98 Å². The highest BCUT2D eigenvalue weighted by Gasteiger charge is 2.21. The Morgan fingerprint density at radius 2 is 2.00 bits per heavy atom. The fourth-order valence-electron chi connectivity index (χ4n) is 1.30. The van der Waals surface area contributed by atoms with Crippen molar-refractivity contribution in [3.05, 3.63) is 10.6 Å². The molecule has 0 aliphatic carbocycles. The Kier molecular flexibility index (Phi) is 5.91. The van der Waals surface area contributed by atoms with E-state index in [4.69, 9.17) is 9.47 Å². The third kappa shape index (κ3) is 4.00. The molecule has 7 heteroatoms. The fraction of sp³-hybridized carbons (Fsp3) is 0.583. The highest BCUT2D eigenvalue weighted by Crippen LogP contribution is 2.26. The minimum atomic E-state index is -0.408. The Labute approximate surface area is 116 Å². The number of aromatic nitrogens is 1. The number of carbonyl (C=O) groups excluding carboxylic acids is 2. The minimum absolute atomic E-state index is 0.000364. The lowest BCUT2D eigenvalue weighted by atomic mass is 10.4. The predicted molar refractivity (Wildman–Crippen MR) is 72.7 cm³/mol. The average Bonchev–Trinajstić information content (AvgIpc) is 2.77. The van der Waals surface area contributed by atoms with Crippen LogP contribution in [0.4, 0.5) is 5.13 Å². The monoisotopic (exact) mass is 286 g/mol. The van der Waals surface area contributed by atoms with E-state index in [0.29, 0.717) is 28.9 Å². The first-order valence-electron chi connectivity index (χ1n) is 6.00. The van der Waals surface area contributed by atoms with Crippen LogP contribution in [0, 0.1) is 6.92 Å². The van der Waals surface area contributed by atoms with Gasteiger partial charge in [-0.25, -0.2) is 9.78 Å². The number of hydrogen-bond donors (Lipinski definition) is 0. The zero-order chi connectivity index (χ0) is 14.4. The molecule has 0 aliphatic heterocycles. The quantitative estimate of drug-likeness (QED) is 0.743. The number of rotatable bonds is 6. The van der Waals surface area contributed by atoms with Crippen LogP contribution in [-0.2, 0) is 14.3 Å². The number of likely N-dealkylation sites (N-methyl/N-ethyl adjacent to an activating group) is 1. The minimum Gasteiger partial charge on any atom is -0.462 e. The van der Waals surface area contributed by atoms with Crippen molar-refractivity contribution in [1.29, 1.82) is 0 Å². The zero-order valence-corrected chi connectivity index (χ0v) is 12.4. The van der Waals surface area contributed by atoms with E-state index in [0.717, 1.165) is 11.3 Å². The molecule has 0 saturated heterocycles. The second kappa shape index (κ2) is 7.20. The van der Waals surface area contributed by atoms with E-state index in [1.54, 1.807) is 20.9 Å². The molecule has 0 aromatic carbocycles. The molecular formula is C12H18N2O4S. The summed E-state index contributed by atoms with van der Waals surface area (Å²) in [5.74, 6) is -0.611. The number of nitrogens with zero attached hydrogens (tertiary/aromatic N) is 2. The van der Waals surface area contributed by atoms with Gasteiger partial charge in [0.25, 0.3) is 5.91 Å². The van der Waals surface area contributed by atoms with Gasteiger partial charge >= 0.3 is 5.97 Å². The molecule has 1 aromatic rings. The maximum absolute atomic E-state index is 11.8. The smallest absolute Gasteiger partial charge is 0.350 e. The molecule has 0 saturated carbocycles. The van der Waals surface area contributed by atoms with Crippen molar-refractivity contribution in [2.75, 3.05) is 31.8 Å². The first-order chi connectivity index (χ1) is 9.01. The number of amides is 1. The molecule has 1 heterocycles. The van der Waals surface area contributed by atoms with Crippen LogP contribution in [0.15, 0.2) is 0 Å². The van der Waals surface area contributed by atoms with Gasteiger partial charge < -0.3 is 9.47 Å². The molecule has 0 aliphatic rings. The molecule has 1 amide bonds. The summed E-state index contributed by atoms with van der Waals surface area (Å²) in [5, 5.41) is 0.463. The normalized spacial score (nSPS) is 10.3. The van der Waals surface area contributed by atoms with Crippen molar-refractivity contribution < 1.29 is 19.1 Å². The number of thiazole rings is 1. The Morgan fingerprint density at radius 1 is 1.32 bits per heavy atom. The Morgan fingerprint density at radius 3 is 2.58 bits per heavy atom. The van der Waals surface area contributed by atoms with Crippen LogP contribution in [0.3, 0.4) is 0 Å². The van der Waals surface area contributed by atoms with Crippen LogP contribution in [0.1, 0.15) is 29.2 Å². The molecule has 1 aromatic heterocycles. The van der Waals surface area contributed by atoms with E-state index < -0.39 is 5.97 Å². The largest absolute Gasteiger partial charge is 0.462 e. The molecule has 0 radical (unpaired) electrons. The van der Waals surface area contributed by atoms with E-state index in [1.165, 1.54) is 4.90 Å². The Bertz CT molecular complexity index is 459. The van der Waals surface area contributed by atoms with E-state index in [9.17, 15) is 9.59 Å². The molecule has 0 atom stereocenters. The maximum atomic E-state index is 11.8. The molecular weight excluding hydrogens is 268 g/mol. The van der Waals surface area contributed by atoms with E-state index >= 15 is 0 Å². The van der Waals surface area contributed by atoms with Crippen molar-refractivity contribution in [3.8, 4) is 0 Å². The molecule has 1 rings (SSSR count). The first-order valence-corrected chi connectivity index (χ1v) is 6.81. The number of ether oxygens (including phenoxy) is 2. The van der Waals surface area contributed by atoms with Gasteiger partial charge in [-0.3, -0.25) is 9.69 Å². The summed E-state index contributed by atoms with van der Waals surface area (Å²) >= 11 is 1.14. The van der Waals surface area contributed by atoms with Crippen molar-refractivity contribution in [2.24, 2.45) is 0 Å². The molecule has 0 bridgehead atoms. The van der Waals surface area contributed by atoms with Crippen LogP contribution < -0.4 is 4.90 Å². The number of aryl methyl sites for hydroxylation is 1. The van der Waals surface area contributed by atoms with Crippen molar-refractivity contribution in [3.63, 3.8) is 0 Å². The van der Waals surface area contributed by atoms with Crippen LogP contribution in [0.25, 0.3) is 0 Å². The summed E-state index contributed by atoms with van der Waals surface area (Å²) in [6.45, 7) is 6.06. The first kappa shape index (κ1) is 15.6. The van der Waals surface area contributed by atoms with Crippen LogP contribution in [0.5, 0.6) is 0 Å². The molecule has 0 fully saturated rings. The third-order valence-electron chi connectivity index (χ3n) is 2.34. The van der Waals surface area contributed by atoms with Gasteiger partial charge in [0, 0.05) is 13.7 Å². The highest BCUT2D eigenvalue weighted by atomic mass is 32.1. The van der Waals surface area contributed by atoms with Gasteiger partial charge in [0.05, 0.1) is 12.3 Å². The van der Waals surface area contributed by atoms with Gasteiger partial charge in [0.15, 0.2) is 5.13 Å². The third-order valence-corrected chi connectivity index (χ3v) is 3.55. The van der Waals surface area contributed by atoms with Gasteiger partial charge in [-0.2, -0.15) is 0 Å². The highest BCUT2D eigenvalue weighted by molar-refractivity contribution is 7.17. The SMILES string of the molecule is CCOCC(=O)N(C)c1nc(C)c(C(=O)OCC)s1. The summed E-state index contributed by atoms with van der Waals surface area (Å²) in [7, 11) is 1.61. The van der Waals surface area contributed by atoms with E-state index in [1.807, 2.05) is 6.92 Å². The van der Waals surface area contributed by atoms with Gasteiger partial charge in [0.1, 0.15) is 11.5 Å². The van der Waals surface area contributed by atoms with Crippen molar-refractivity contribution >= 4 is 28.3 Å². The number of esters is 1. The molecule has 6 nitrogen and oxygen atoms in total. The van der Waals surface area contributed by atoms with Gasteiger partial charge in [-0.05, 0) is 20.8 Å². The van der Waals surface area contributed by atoms with Crippen LogP contribution >= 0.6 is 11.3 Å². The maximum Gasteiger partial charge on any atom is 0.350 e. The molecule has 0 spiro atoms. The topological polar surface area (TPSA) is 68.7 Å². The van der Waals surface area contributed by atoms with Crippen molar-refractivity contribution in [1.82, 2.24) is 4.98 Å². The molecule has 0 unspecified atom stereocenters. The van der Waals surface area contributed by atoms with E-state index in [-0.39, 0.29) is 12.5 Å². The van der Waals surface area contributed by atoms with Gasteiger partial charge in [-0.15, -0.1) is 0 Å². The lowest BCUT2D eigenvalue weighted by Gasteiger charge is -2.13. The van der Waals surface area contributed by atoms with Crippen molar-refractivity contribution in [2.45, 2.75) is 20.8 Å². The lowest BCUT2D eigenvalue weighted by molar-refractivity contribution is -0.122. The zero-order valence-electron chi connectivity index (χ0n) is 11.6. The van der Waals surface area contributed by atoms with Crippen LogP contribution in [-0.4, -0.2) is 43.7 Å². The second-order valence-corrected chi connectivity index (χ2v) is 4.70. The second-order valence-electron chi connectivity index (χ2n) is 3.72. The standard InChI is InChI=1S/C12H18N2O4S/c1-5-17-7-9(15)14(4)12-13-8(3)10(19-12)11(16)18-6-2/h5-7H2,1-4H3. The molecule has 106 valence electrons. The van der Waals surface area contributed by atoms with Gasteiger partial charge in [0.2, 0.25) is 0 Å². The van der Waals surface area contributed by atoms with Gasteiger partial charge in [-0.1, -0.05) is 11.3 Å². The molecule has 0 N–H and O–H groups in total. The summed E-state index contributed by atoms with van der Waals surface area (Å²) < 4.78 is 9.99. The lowest BCUT2D eigenvalue weighted by Crippen LogP contribution is -2.30. The Hall–Kier alpha value is -1.47. The predicted octanol–water partition coefficient (Wildman–Crippen LogP) is 1.63.